The Hall–Kier alpha value is -3.12. The van der Waals surface area contributed by atoms with Gasteiger partial charge >= 0.3 is 0 Å². The summed E-state index contributed by atoms with van der Waals surface area (Å²) < 4.78 is 34.6. The van der Waals surface area contributed by atoms with Crippen LogP contribution in [-0.2, 0) is 10.0 Å². The first kappa shape index (κ1) is 28.4. The summed E-state index contributed by atoms with van der Waals surface area (Å²) in [5.74, 6) is 1.69. The number of benzene rings is 2. The average molecular weight is 586 g/mol. The molecule has 5 rings (SSSR count). The first-order chi connectivity index (χ1) is 19.4. The Morgan fingerprint density at radius 2 is 1.90 bits per heavy atom. The molecule has 3 aromatic rings. The fourth-order valence-corrected chi connectivity index (χ4v) is 6.15. The number of nitrogens with one attached hydrogen (secondary N) is 4. The van der Waals surface area contributed by atoms with E-state index in [-0.39, 0.29) is 15.7 Å². The summed E-state index contributed by atoms with van der Waals surface area (Å²) in [6.45, 7) is 7.92. The van der Waals surface area contributed by atoms with Gasteiger partial charge in [0.2, 0.25) is 16.0 Å². The van der Waals surface area contributed by atoms with Crippen LogP contribution in [0, 0.1) is 5.92 Å². The summed E-state index contributed by atoms with van der Waals surface area (Å²) in [6.07, 6.45) is 4.68. The molecule has 1 saturated heterocycles. The average Bonchev–Trinajstić information content (AvgIpc) is 3.67. The van der Waals surface area contributed by atoms with Crippen LogP contribution in [0.4, 0.5) is 28.8 Å². The predicted molar refractivity (Wildman–Crippen MR) is 160 cm³/mol. The summed E-state index contributed by atoms with van der Waals surface area (Å²) in [4.78, 5) is 11.4. The Balaban J connectivity index is 1.34. The quantitative estimate of drug-likeness (QED) is 0.222. The molecule has 2 heterocycles. The van der Waals surface area contributed by atoms with Gasteiger partial charge < -0.3 is 25.6 Å². The minimum absolute atomic E-state index is 0.132. The maximum Gasteiger partial charge on any atom is 0.242 e. The molecule has 0 bridgehead atoms. The number of likely N-dealkylation sites (N-methyl/N-ethyl adjacent to an activating group) is 1. The number of aromatic nitrogens is 2. The third-order valence-electron chi connectivity index (χ3n) is 6.99. The van der Waals surface area contributed by atoms with Crippen molar-refractivity contribution in [3.05, 3.63) is 53.7 Å². The van der Waals surface area contributed by atoms with E-state index in [1.54, 1.807) is 24.3 Å². The first-order valence-corrected chi connectivity index (χ1v) is 15.6. The van der Waals surface area contributed by atoms with E-state index in [1.807, 2.05) is 19.1 Å². The lowest BCUT2D eigenvalue weighted by molar-refractivity contribution is 0.342. The molecule has 0 amide bonds. The van der Waals surface area contributed by atoms with Crippen LogP contribution in [0.5, 0.6) is 5.75 Å². The van der Waals surface area contributed by atoms with E-state index in [4.69, 9.17) is 16.3 Å². The van der Waals surface area contributed by atoms with Crippen molar-refractivity contribution in [2.24, 2.45) is 5.92 Å². The fraction of sp³-hybridized carbons (Fsp3) is 0.429. The van der Waals surface area contributed by atoms with Crippen LogP contribution in [0.25, 0.3) is 0 Å². The Labute approximate surface area is 240 Å². The van der Waals surface area contributed by atoms with Gasteiger partial charge in [-0.05, 0) is 62.9 Å². The minimum atomic E-state index is -3.71. The lowest BCUT2D eigenvalue weighted by Crippen LogP contribution is -2.32. The van der Waals surface area contributed by atoms with Crippen molar-refractivity contribution in [2.75, 3.05) is 48.3 Å². The SMILES string of the molecule is CCN[C@@H]1CCN(c2ccc(Nc3ncc(Cl)c(Nc4ccccc4S(=O)(=O)NCC4CC4)n3)c(OCC)c2)C1. The van der Waals surface area contributed by atoms with E-state index in [1.165, 1.54) is 6.20 Å². The Kier molecular flexibility index (Phi) is 8.94. The zero-order chi connectivity index (χ0) is 28.1. The molecule has 40 heavy (non-hydrogen) atoms. The number of ether oxygens (including phenoxy) is 1. The topological polar surface area (TPSA) is 121 Å². The molecule has 0 unspecified atom stereocenters. The zero-order valence-electron chi connectivity index (χ0n) is 22.8. The largest absolute Gasteiger partial charge is 0.492 e. The van der Waals surface area contributed by atoms with Crippen LogP contribution >= 0.6 is 11.6 Å². The minimum Gasteiger partial charge on any atom is -0.492 e. The van der Waals surface area contributed by atoms with Crippen LogP contribution < -0.4 is 30.3 Å². The monoisotopic (exact) mass is 585 g/mol. The number of para-hydroxylation sites is 1. The highest BCUT2D eigenvalue weighted by Crippen LogP contribution is 2.35. The molecule has 0 spiro atoms. The molecule has 10 nitrogen and oxygen atoms in total. The third kappa shape index (κ3) is 6.95. The van der Waals surface area contributed by atoms with Crippen LogP contribution in [0.3, 0.4) is 0 Å². The second kappa shape index (κ2) is 12.6. The van der Waals surface area contributed by atoms with Gasteiger partial charge in [-0.2, -0.15) is 4.98 Å². The number of halogens is 1. The van der Waals surface area contributed by atoms with E-state index in [2.05, 4.69) is 48.5 Å². The fourth-order valence-electron chi connectivity index (χ4n) is 4.73. The van der Waals surface area contributed by atoms with Gasteiger partial charge in [-0.25, -0.2) is 18.1 Å². The summed E-state index contributed by atoms with van der Waals surface area (Å²) in [6, 6.07) is 13.2. The number of rotatable bonds is 13. The Morgan fingerprint density at radius 3 is 2.67 bits per heavy atom. The van der Waals surface area contributed by atoms with Crippen molar-refractivity contribution in [2.45, 2.75) is 44.0 Å². The molecule has 2 fully saturated rings. The molecule has 1 aliphatic heterocycles. The normalized spacial score (nSPS) is 17.2. The smallest absolute Gasteiger partial charge is 0.242 e. The lowest BCUT2D eigenvalue weighted by atomic mass is 10.2. The number of nitrogens with zero attached hydrogens (tertiary/aromatic N) is 3. The van der Waals surface area contributed by atoms with Crippen molar-refractivity contribution < 1.29 is 13.2 Å². The second-order valence-electron chi connectivity index (χ2n) is 10.0. The summed E-state index contributed by atoms with van der Waals surface area (Å²) in [5.41, 5.74) is 2.19. The Morgan fingerprint density at radius 1 is 1.07 bits per heavy atom. The van der Waals surface area contributed by atoms with Gasteiger partial charge in [-0.15, -0.1) is 0 Å². The molecule has 1 atom stereocenters. The molecule has 2 aromatic carbocycles. The Bertz CT molecular complexity index is 1440. The maximum absolute atomic E-state index is 13.0. The van der Waals surface area contributed by atoms with Crippen LogP contribution in [0.2, 0.25) is 5.02 Å². The van der Waals surface area contributed by atoms with Gasteiger partial charge in [-0.1, -0.05) is 30.7 Å². The number of anilines is 5. The van der Waals surface area contributed by atoms with Crippen molar-refractivity contribution in [1.29, 1.82) is 0 Å². The highest BCUT2D eigenvalue weighted by Gasteiger charge is 2.26. The second-order valence-corrected chi connectivity index (χ2v) is 12.2. The molecule has 4 N–H and O–H groups in total. The van der Waals surface area contributed by atoms with Crippen LogP contribution in [0.1, 0.15) is 33.1 Å². The van der Waals surface area contributed by atoms with Crippen molar-refractivity contribution >= 4 is 50.5 Å². The molecule has 12 heteroatoms. The van der Waals surface area contributed by atoms with Crippen LogP contribution in [-0.4, -0.2) is 57.2 Å². The van der Waals surface area contributed by atoms with Gasteiger partial charge in [0, 0.05) is 37.4 Å². The molecular weight excluding hydrogens is 550 g/mol. The van der Waals surface area contributed by atoms with Gasteiger partial charge in [0.05, 0.1) is 24.2 Å². The van der Waals surface area contributed by atoms with E-state index < -0.39 is 10.0 Å². The van der Waals surface area contributed by atoms with E-state index in [9.17, 15) is 8.42 Å². The summed E-state index contributed by atoms with van der Waals surface area (Å²) >= 11 is 6.42. The van der Waals surface area contributed by atoms with Gasteiger partial charge in [0.1, 0.15) is 15.7 Å². The van der Waals surface area contributed by atoms with Gasteiger partial charge in [-0.3, -0.25) is 0 Å². The van der Waals surface area contributed by atoms with Gasteiger partial charge in [0.15, 0.2) is 5.82 Å². The number of hydrogen-bond donors (Lipinski definition) is 4. The molecule has 214 valence electrons. The molecule has 0 radical (unpaired) electrons. The molecule has 1 saturated carbocycles. The third-order valence-corrected chi connectivity index (χ3v) is 8.75. The lowest BCUT2D eigenvalue weighted by Gasteiger charge is -2.21. The van der Waals surface area contributed by atoms with Crippen LogP contribution in [0.15, 0.2) is 53.6 Å². The molecule has 1 aromatic heterocycles. The molecular formula is C28H36ClN7O3S. The van der Waals surface area contributed by atoms with Crippen molar-refractivity contribution in [3.63, 3.8) is 0 Å². The van der Waals surface area contributed by atoms with E-state index >= 15 is 0 Å². The van der Waals surface area contributed by atoms with E-state index in [0.717, 1.165) is 44.6 Å². The highest BCUT2D eigenvalue weighted by molar-refractivity contribution is 7.89. The zero-order valence-corrected chi connectivity index (χ0v) is 24.4. The summed E-state index contributed by atoms with van der Waals surface area (Å²) in [5, 5.41) is 10.1. The molecule has 1 aliphatic carbocycles. The first-order valence-electron chi connectivity index (χ1n) is 13.8. The van der Waals surface area contributed by atoms with Crippen molar-refractivity contribution in [1.82, 2.24) is 20.0 Å². The van der Waals surface area contributed by atoms with Gasteiger partial charge in [0.25, 0.3) is 0 Å². The predicted octanol–water partition coefficient (Wildman–Crippen LogP) is 4.89. The van der Waals surface area contributed by atoms with E-state index in [0.29, 0.717) is 48.2 Å². The highest BCUT2D eigenvalue weighted by atomic mass is 35.5. The number of hydrogen-bond acceptors (Lipinski definition) is 9. The summed E-state index contributed by atoms with van der Waals surface area (Å²) in [7, 11) is -3.71. The standard InChI is InChI=1S/C28H36ClN7O3S/c1-3-30-20-13-14-36(18-20)21-11-12-23(25(15-21)39-4-2)34-28-31-17-22(29)27(35-28)33-24-7-5-6-8-26(24)40(37,38)32-16-19-9-10-19/h5-8,11-12,15,17,19-20,30,32H,3-4,9-10,13-14,16,18H2,1-2H3,(H2,31,33,34,35)/t20-/m1/s1. The molecule has 2 aliphatic rings. The van der Waals surface area contributed by atoms with Crippen molar-refractivity contribution in [3.8, 4) is 5.75 Å². The maximum atomic E-state index is 13.0. The number of sulfonamides is 1.